The van der Waals surface area contributed by atoms with Gasteiger partial charge in [-0.3, -0.25) is 0 Å². The zero-order chi connectivity index (χ0) is 22.2. The molecule has 3 aromatic carbocycles. The molecule has 0 unspecified atom stereocenters. The Morgan fingerprint density at radius 3 is 2.23 bits per heavy atom. The molecule has 0 bridgehead atoms. The van der Waals surface area contributed by atoms with Gasteiger partial charge in [0.1, 0.15) is 12.4 Å². The van der Waals surface area contributed by atoms with Gasteiger partial charge in [-0.15, -0.1) is 0 Å². The minimum Gasteiger partial charge on any atom is -0.497 e. The molecule has 0 aliphatic carbocycles. The monoisotopic (exact) mass is 523 g/mol. The van der Waals surface area contributed by atoms with Crippen molar-refractivity contribution < 1.29 is 14.2 Å². The fraction of sp³-hybridized carbons (Fsp3) is 0.250. The summed E-state index contributed by atoms with van der Waals surface area (Å²) in [5.41, 5.74) is 2.95. The molecule has 0 spiro atoms. The molecule has 0 aliphatic heterocycles. The Balaban J connectivity index is 1.69. The standard InChI is InChI=1S/C24H24BrCl2NO3/c1-29-17-8-6-16(7-9-17)12-13-28-14-18-20(25)10-11-23(30-2)24(18)31-15-19-21(26)4-3-5-22(19)27/h3-11,28H,12-15H2,1-2H3. The minimum absolute atomic E-state index is 0.240. The van der Waals surface area contributed by atoms with Crippen molar-refractivity contribution in [2.75, 3.05) is 20.8 Å². The average molecular weight is 525 g/mol. The average Bonchev–Trinajstić information content (AvgIpc) is 2.78. The van der Waals surface area contributed by atoms with Crippen LogP contribution in [0.2, 0.25) is 10.0 Å². The van der Waals surface area contributed by atoms with Crippen LogP contribution < -0.4 is 19.5 Å². The summed E-state index contributed by atoms with van der Waals surface area (Å²) >= 11 is 16.2. The fourth-order valence-electron chi connectivity index (χ4n) is 3.12. The van der Waals surface area contributed by atoms with Crippen molar-refractivity contribution in [2.45, 2.75) is 19.6 Å². The Bertz CT molecular complexity index is 992. The SMILES string of the molecule is COc1ccc(CCNCc2c(Br)ccc(OC)c2OCc2c(Cl)cccc2Cl)cc1. The lowest BCUT2D eigenvalue weighted by Gasteiger charge is -2.18. The first-order valence-electron chi connectivity index (χ1n) is 9.78. The summed E-state index contributed by atoms with van der Waals surface area (Å²) in [4.78, 5) is 0. The summed E-state index contributed by atoms with van der Waals surface area (Å²) in [6, 6.07) is 17.3. The molecule has 7 heteroatoms. The van der Waals surface area contributed by atoms with Gasteiger partial charge in [-0.1, -0.05) is 57.3 Å². The lowest BCUT2D eigenvalue weighted by Crippen LogP contribution is -2.18. The van der Waals surface area contributed by atoms with Crippen LogP contribution in [-0.4, -0.2) is 20.8 Å². The number of hydrogen-bond donors (Lipinski definition) is 1. The number of methoxy groups -OCH3 is 2. The predicted molar refractivity (Wildman–Crippen MR) is 130 cm³/mol. The van der Waals surface area contributed by atoms with Gasteiger partial charge in [-0.2, -0.15) is 0 Å². The minimum atomic E-state index is 0.240. The van der Waals surface area contributed by atoms with Crippen LogP contribution in [0, 0.1) is 0 Å². The largest absolute Gasteiger partial charge is 0.497 e. The second-order valence-corrected chi connectivity index (χ2v) is 8.49. The molecule has 0 aliphatic rings. The Labute approximate surface area is 201 Å². The summed E-state index contributed by atoms with van der Waals surface area (Å²) in [6.45, 7) is 1.66. The summed E-state index contributed by atoms with van der Waals surface area (Å²) < 4.78 is 17.8. The Kier molecular flexibility index (Phi) is 8.90. The molecule has 0 aromatic heterocycles. The molecule has 0 heterocycles. The van der Waals surface area contributed by atoms with Gasteiger partial charge in [0, 0.05) is 32.2 Å². The van der Waals surface area contributed by atoms with E-state index in [-0.39, 0.29) is 6.61 Å². The molecule has 0 saturated heterocycles. The van der Waals surface area contributed by atoms with E-state index in [1.807, 2.05) is 30.3 Å². The third-order valence-electron chi connectivity index (χ3n) is 4.86. The molecule has 0 radical (unpaired) electrons. The van der Waals surface area contributed by atoms with Crippen molar-refractivity contribution in [3.05, 3.63) is 85.8 Å². The number of ether oxygens (including phenoxy) is 3. The maximum absolute atomic E-state index is 6.29. The quantitative estimate of drug-likeness (QED) is 0.300. The molecule has 0 atom stereocenters. The molecule has 4 nitrogen and oxygen atoms in total. The van der Waals surface area contributed by atoms with Crippen molar-refractivity contribution in [3.63, 3.8) is 0 Å². The van der Waals surface area contributed by atoms with Gasteiger partial charge in [0.05, 0.1) is 14.2 Å². The van der Waals surface area contributed by atoms with E-state index < -0.39 is 0 Å². The van der Waals surface area contributed by atoms with Crippen LogP contribution in [0.4, 0.5) is 0 Å². The highest BCUT2D eigenvalue weighted by molar-refractivity contribution is 9.10. The van der Waals surface area contributed by atoms with Gasteiger partial charge >= 0.3 is 0 Å². The first kappa shape index (κ1) is 23.7. The molecule has 3 aromatic rings. The van der Waals surface area contributed by atoms with E-state index in [9.17, 15) is 0 Å². The van der Waals surface area contributed by atoms with Gasteiger partial charge in [-0.25, -0.2) is 0 Å². The topological polar surface area (TPSA) is 39.7 Å². The van der Waals surface area contributed by atoms with E-state index in [0.717, 1.165) is 34.3 Å². The summed E-state index contributed by atoms with van der Waals surface area (Å²) in [6.07, 6.45) is 0.900. The van der Waals surface area contributed by atoms with Crippen LogP contribution in [0.25, 0.3) is 0 Å². The summed E-state index contributed by atoms with van der Waals surface area (Å²) in [5.74, 6) is 2.17. The fourth-order valence-corrected chi connectivity index (χ4v) is 4.08. The summed E-state index contributed by atoms with van der Waals surface area (Å²) in [5, 5.41) is 4.62. The number of rotatable bonds is 10. The van der Waals surface area contributed by atoms with Crippen LogP contribution in [0.15, 0.2) is 59.1 Å². The third kappa shape index (κ3) is 6.30. The third-order valence-corrected chi connectivity index (χ3v) is 6.31. The number of benzene rings is 3. The molecule has 0 amide bonds. The van der Waals surface area contributed by atoms with Gasteiger partial charge in [0.25, 0.3) is 0 Å². The Morgan fingerprint density at radius 1 is 0.871 bits per heavy atom. The molecular weight excluding hydrogens is 501 g/mol. The second-order valence-electron chi connectivity index (χ2n) is 6.82. The first-order chi connectivity index (χ1) is 15.0. The van der Waals surface area contributed by atoms with Crippen LogP contribution in [0.1, 0.15) is 16.7 Å². The number of halogens is 3. The van der Waals surface area contributed by atoms with Crippen LogP contribution in [0.5, 0.6) is 17.2 Å². The second kappa shape index (κ2) is 11.6. The maximum atomic E-state index is 6.29. The van der Waals surface area contributed by atoms with Crippen molar-refractivity contribution >= 4 is 39.1 Å². The molecule has 164 valence electrons. The van der Waals surface area contributed by atoms with Crippen molar-refractivity contribution in [1.82, 2.24) is 5.32 Å². The molecule has 0 saturated carbocycles. The lowest BCUT2D eigenvalue weighted by molar-refractivity contribution is 0.280. The lowest BCUT2D eigenvalue weighted by atomic mass is 10.1. The van der Waals surface area contributed by atoms with Gasteiger partial charge < -0.3 is 19.5 Å². The Hall–Kier alpha value is -1.92. The molecule has 1 N–H and O–H groups in total. The van der Waals surface area contributed by atoms with Crippen molar-refractivity contribution in [1.29, 1.82) is 0 Å². The van der Waals surface area contributed by atoms with E-state index in [2.05, 4.69) is 33.4 Å². The highest BCUT2D eigenvalue weighted by Gasteiger charge is 2.16. The van der Waals surface area contributed by atoms with E-state index in [1.165, 1.54) is 5.56 Å². The highest BCUT2D eigenvalue weighted by Crippen LogP contribution is 2.37. The molecular formula is C24H24BrCl2NO3. The first-order valence-corrected chi connectivity index (χ1v) is 11.3. The zero-order valence-electron chi connectivity index (χ0n) is 17.4. The number of nitrogens with one attached hydrogen (secondary N) is 1. The highest BCUT2D eigenvalue weighted by atomic mass is 79.9. The summed E-state index contributed by atoms with van der Waals surface area (Å²) in [7, 11) is 3.29. The van der Waals surface area contributed by atoms with Crippen LogP contribution in [-0.2, 0) is 19.6 Å². The van der Waals surface area contributed by atoms with Gasteiger partial charge in [-0.05, 0) is 54.9 Å². The van der Waals surface area contributed by atoms with E-state index in [4.69, 9.17) is 37.4 Å². The van der Waals surface area contributed by atoms with E-state index in [1.54, 1.807) is 26.4 Å². The van der Waals surface area contributed by atoms with Crippen LogP contribution >= 0.6 is 39.1 Å². The van der Waals surface area contributed by atoms with Crippen molar-refractivity contribution in [2.24, 2.45) is 0 Å². The normalized spacial score (nSPS) is 10.7. The molecule has 3 rings (SSSR count). The van der Waals surface area contributed by atoms with E-state index >= 15 is 0 Å². The molecule has 31 heavy (non-hydrogen) atoms. The smallest absolute Gasteiger partial charge is 0.167 e. The van der Waals surface area contributed by atoms with Crippen LogP contribution in [0.3, 0.4) is 0 Å². The zero-order valence-corrected chi connectivity index (χ0v) is 20.5. The van der Waals surface area contributed by atoms with Gasteiger partial charge in [0.15, 0.2) is 11.5 Å². The maximum Gasteiger partial charge on any atom is 0.167 e. The molecule has 0 fully saturated rings. The number of hydrogen-bond acceptors (Lipinski definition) is 4. The Morgan fingerprint density at radius 2 is 1.58 bits per heavy atom. The van der Waals surface area contributed by atoms with Crippen molar-refractivity contribution in [3.8, 4) is 17.2 Å². The predicted octanol–water partition coefficient (Wildman–Crippen LogP) is 6.68. The van der Waals surface area contributed by atoms with Gasteiger partial charge in [0.2, 0.25) is 0 Å². The van der Waals surface area contributed by atoms with E-state index in [0.29, 0.717) is 28.1 Å².